The maximum atomic E-state index is 13.2. The first-order chi connectivity index (χ1) is 13.5. The van der Waals surface area contributed by atoms with Crippen LogP contribution in [0, 0.1) is 11.7 Å². The molecule has 2 aromatic rings. The highest BCUT2D eigenvalue weighted by Gasteiger charge is 2.30. The second kappa shape index (κ2) is 10.5. The number of pyridine rings is 1. The molecule has 0 saturated carbocycles. The van der Waals surface area contributed by atoms with Crippen molar-refractivity contribution in [2.75, 3.05) is 6.54 Å². The predicted molar refractivity (Wildman–Crippen MR) is 107 cm³/mol. The summed E-state index contributed by atoms with van der Waals surface area (Å²) >= 11 is 0. The van der Waals surface area contributed by atoms with E-state index >= 15 is 0 Å². The summed E-state index contributed by atoms with van der Waals surface area (Å²) < 4.78 is 14.3. The van der Waals surface area contributed by atoms with Crippen molar-refractivity contribution in [3.05, 3.63) is 70.4 Å². The predicted octanol–water partition coefficient (Wildman–Crippen LogP) is 3.74. The molecule has 1 aromatic heterocycles. The van der Waals surface area contributed by atoms with Gasteiger partial charge in [-0.25, -0.2) is 4.39 Å². The van der Waals surface area contributed by atoms with Crippen molar-refractivity contribution in [2.24, 2.45) is 5.92 Å². The number of nitrogens with one attached hydrogen (secondary N) is 1. The van der Waals surface area contributed by atoms with Crippen molar-refractivity contribution in [2.45, 2.75) is 45.6 Å². The number of ketones is 1. The quantitative estimate of drug-likeness (QED) is 0.500. The van der Waals surface area contributed by atoms with Crippen LogP contribution in [0.5, 0.6) is 0 Å². The van der Waals surface area contributed by atoms with Gasteiger partial charge in [0.05, 0.1) is 0 Å². The molecule has 0 saturated heterocycles. The molecule has 150 valence electrons. The molecule has 2 atom stereocenters. The SMILES string of the molecule is CCCC[C@H](CC)CNC(=O)[C@@H](C(=O)c1ccc(F)cc1)n1ccccc1=O. The molecule has 6 heteroatoms. The van der Waals surface area contributed by atoms with E-state index in [9.17, 15) is 18.8 Å². The summed E-state index contributed by atoms with van der Waals surface area (Å²) in [6, 6.07) is 8.08. The summed E-state index contributed by atoms with van der Waals surface area (Å²) in [5, 5.41) is 2.84. The second-order valence-electron chi connectivity index (χ2n) is 6.88. The molecule has 0 aliphatic carbocycles. The summed E-state index contributed by atoms with van der Waals surface area (Å²) in [5.41, 5.74) is -0.272. The first kappa shape index (κ1) is 21.5. The Kier molecular flexibility index (Phi) is 8.11. The lowest BCUT2D eigenvalue weighted by atomic mass is 9.98. The van der Waals surface area contributed by atoms with Gasteiger partial charge in [-0.2, -0.15) is 0 Å². The summed E-state index contributed by atoms with van der Waals surface area (Å²) in [6.07, 6.45) is 5.49. The second-order valence-corrected chi connectivity index (χ2v) is 6.88. The van der Waals surface area contributed by atoms with Gasteiger partial charge < -0.3 is 5.32 Å². The molecular formula is C22H27FN2O3. The van der Waals surface area contributed by atoms with E-state index in [1.807, 2.05) is 0 Å². The van der Waals surface area contributed by atoms with Gasteiger partial charge in [0.2, 0.25) is 0 Å². The number of benzene rings is 1. The minimum Gasteiger partial charge on any atom is -0.354 e. The Morgan fingerprint density at radius 1 is 1.11 bits per heavy atom. The van der Waals surface area contributed by atoms with Crippen LogP contribution >= 0.6 is 0 Å². The van der Waals surface area contributed by atoms with Crippen LogP contribution in [0.4, 0.5) is 4.39 Å². The Morgan fingerprint density at radius 3 is 2.43 bits per heavy atom. The third-order valence-corrected chi connectivity index (χ3v) is 4.86. The number of hydrogen-bond acceptors (Lipinski definition) is 3. The number of rotatable bonds is 10. The Bertz CT molecular complexity index is 845. The van der Waals surface area contributed by atoms with Gasteiger partial charge in [0.25, 0.3) is 11.5 Å². The Hall–Kier alpha value is -2.76. The van der Waals surface area contributed by atoms with E-state index < -0.39 is 29.1 Å². The molecule has 1 amide bonds. The molecule has 0 aliphatic heterocycles. The molecule has 1 heterocycles. The van der Waals surface area contributed by atoms with E-state index in [-0.39, 0.29) is 5.56 Å². The standard InChI is InChI=1S/C22H27FN2O3/c1-3-5-8-16(4-2)15-24-22(28)20(25-14-7-6-9-19(25)26)21(27)17-10-12-18(23)13-11-17/h6-7,9-14,16,20H,3-5,8,15H2,1-2H3,(H,24,28)/t16-,20+/m0/s1. The molecule has 28 heavy (non-hydrogen) atoms. The van der Waals surface area contributed by atoms with Gasteiger partial charge in [-0.1, -0.05) is 39.2 Å². The molecular weight excluding hydrogens is 359 g/mol. The average molecular weight is 386 g/mol. The third-order valence-electron chi connectivity index (χ3n) is 4.86. The van der Waals surface area contributed by atoms with Gasteiger partial charge in [0.15, 0.2) is 11.8 Å². The Labute approximate surface area is 164 Å². The lowest BCUT2D eigenvalue weighted by Crippen LogP contribution is -2.42. The highest BCUT2D eigenvalue weighted by molar-refractivity contribution is 6.11. The van der Waals surface area contributed by atoms with Crippen LogP contribution < -0.4 is 10.9 Å². The van der Waals surface area contributed by atoms with Crippen LogP contribution in [0.2, 0.25) is 0 Å². The molecule has 5 nitrogen and oxygen atoms in total. The molecule has 1 N–H and O–H groups in total. The van der Waals surface area contributed by atoms with E-state index in [1.54, 1.807) is 12.1 Å². The normalized spacial score (nSPS) is 13.0. The fraction of sp³-hybridized carbons (Fsp3) is 0.409. The summed E-state index contributed by atoms with van der Waals surface area (Å²) in [4.78, 5) is 38.2. The van der Waals surface area contributed by atoms with Gasteiger partial charge in [0, 0.05) is 24.4 Å². The van der Waals surface area contributed by atoms with Crippen LogP contribution in [0.25, 0.3) is 0 Å². The highest BCUT2D eigenvalue weighted by Crippen LogP contribution is 2.16. The smallest absolute Gasteiger partial charge is 0.251 e. The number of halogens is 1. The number of unbranched alkanes of at least 4 members (excludes halogenated alkanes) is 1. The van der Waals surface area contributed by atoms with Gasteiger partial charge in [0.1, 0.15) is 5.82 Å². The number of carbonyl (C=O) groups excluding carboxylic acids is 2. The van der Waals surface area contributed by atoms with Crippen molar-refractivity contribution >= 4 is 11.7 Å². The number of carbonyl (C=O) groups is 2. The third kappa shape index (κ3) is 5.62. The molecule has 0 radical (unpaired) electrons. The molecule has 1 aromatic carbocycles. The van der Waals surface area contributed by atoms with Gasteiger partial charge >= 0.3 is 0 Å². The number of nitrogens with zero attached hydrogens (tertiary/aromatic N) is 1. The lowest BCUT2D eigenvalue weighted by molar-refractivity contribution is -0.123. The van der Waals surface area contributed by atoms with Crippen LogP contribution in [-0.4, -0.2) is 22.8 Å². The average Bonchev–Trinajstić information content (AvgIpc) is 2.70. The van der Waals surface area contributed by atoms with Crippen LogP contribution in [0.1, 0.15) is 55.9 Å². The van der Waals surface area contributed by atoms with Gasteiger partial charge in [-0.15, -0.1) is 0 Å². The number of Topliss-reactive ketones (excluding diaryl/α,β-unsaturated/α-hetero) is 1. The monoisotopic (exact) mass is 386 g/mol. The topological polar surface area (TPSA) is 68.2 Å². The van der Waals surface area contributed by atoms with Gasteiger partial charge in [-0.3, -0.25) is 19.0 Å². The molecule has 0 unspecified atom stereocenters. The highest BCUT2D eigenvalue weighted by atomic mass is 19.1. The van der Waals surface area contributed by atoms with Gasteiger partial charge in [-0.05, 0) is 42.7 Å². The van der Waals surface area contributed by atoms with E-state index in [0.29, 0.717) is 12.5 Å². The zero-order valence-electron chi connectivity index (χ0n) is 16.4. The fourth-order valence-corrected chi connectivity index (χ4v) is 3.08. The molecule has 0 aliphatic rings. The van der Waals surface area contributed by atoms with E-state index in [2.05, 4.69) is 19.2 Å². The van der Waals surface area contributed by atoms with E-state index in [4.69, 9.17) is 0 Å². The zero-order valence-corrected chi connectivity index (χ0v) is 16.4. The maximum absolute atomic E-state index is 13.2. The zero-order chi connectivity index (χ0) is 20.5. The van der Waals surface area contributed by atoms with Crippen molar-refractivity contribution in [1.82, 2.24) is 9.88 Å². The summed E-state index contributed by atoms with van der Waals surface area (Å²) in [7, 11) is 0. The number of amides is 1. The molecule has 0 spiro atoms. The summed E-state index contributed by atoms with van der Waals surface area (Å²) in [5.74, 6) is -1.24. The summed E-state index contributed by atoms with van der Waals surface area (Å²) in [6.45, 7) is 4.63. The van der Waals surface area contributed by atoms with Crippen molar-refractivity contribution in [3.63, 3.8) is 0 Å². The molecule has 0 fully saturated rings. The van der Waals surface area contributed by atoms with Crippen molar-refractivity contribution < 1.29 is 14.0 Å². The van der Waals surface area contributed by atoms with Crippen molar-refractivity contribution in [3.8, 4) is 0 Å². The molecule has 2 rings (SSSR count). The lowest BCUT2D eigenvalue weighted by Gasteiger charge is -2.21. The largest absolute Gasteiger partial charge is 0.354 e. The number of aromatic nitrogens is 1. The Balaban J connectivity index is 2.27. The van der Waals surface area contributed by atoms with E-state index in [1.165, 1.54) is 24.4 Å². The molecule has 0 bridgehead atoms. The first-order valence-corrected chi connectivity index (χ1v) is 9.72. The Morgan fingerprint density at radius 2 is 1.82 bits per heavy atom. The van der Waals surface area contributed by atoms with Crippen LogP contribution in [0.3, 0.4) is 0 Å². The number of hydrogen-bond donors (Lipinski definition) is 1. The van der Waals surface area contributed by atoms with Crippen molar-refractivity contribution in [1.29, 1.82) is 0 Å². The fourth-order valence-electron chi connectivity index (χ4n) is 3.08. The first-order valence-electron chi connectivity index (χ1n) is 9.72. The van der Waals surface area contributed by atoms with E-state index in [0.717, 1.165) is 42.4 Å². The van der Waals surface area contributed by atoms with Crippen LogP contribution in [-0.2, 0) is 4.79 Å². The minimum atomic E-state index is -1.33. The maximum Gasteiger partial charge on any atom is 0.251 e. The van der Waals surface area contributed by atoms with Crippen LogP contribution in [0.15, 0.2) is 53.5 Å². The minimum absolute atomic E-state index is 0.176.